The van der Waals surface area contributed by atoms with Crippen LogP contribution in [0.4, 0.5) is 5.69 Å². The van der Waals surface area contributed by atoms with E-state index in [4.69, 9.17) is 11.6 Å². The van der Waals surface area contributed by atoms with Crippen LogP contribution in [0.3, 0.4) is 0 Å². The van der Waals surface area contributed by atoms with Gasteiger partial charge >= 0.3 is 0 Å². The van der Waals surface area contributed by atoms with Gasteiger partial charge < -0.3 is 10.2 Å². The highest BCUT2D eigenvalue weighted by atomic mass is 35.5. The van der Waals surface area contributed by atoms with Crippen molar-refractivity contribution in [3.63, 3.8) is 0 Å². The molecule has 46 heavy (non-hydrogen) atoms. The minimum Gasteiger partial charge on any atom is -0.352 e. The topological polar surface area (TPSA) is 86.8 Å². The van der Waals surface area contributed by atoms with E-state index in [0.717, 1.165) is 36.8 Å². The predicted molar refractivity (Wildman–Crippen MR) is 183 cm³/mol. The fraction of sp³-hybridized carbons (Fsp3) is 0.297. The molecule has 1 unspecified atom stereocenters. The van der Waals surface area contributed by atoms with Crippen LogP contribution in [0.5, 0.6) is 0 Å². The molecule has 9 heteroatoms. The number of sulfonamides is 1. The predicted octanol–water partition coefficient (Wildman–Crippen LogP) is 6.85. The summed E-state index contributed by atoms with van der Waals surface area (Å²) in [5.74, 6) is -0.775. The lowest BCUT2D eigenvalue weighted by Gasteiger charge is -2.35. The number of anilines is 1. The van der Waals surface area contributed by atoms with Gasteiger partial charge in [-0.3, -0.25) is 13.9 Å². The third-order valence-corrected chi connectivity index (χ3v) is 10.7. The lowest BCUT2D eigenvalue weighted by atomic mass is 10.0. The Morgan fingerprint density at radius 1 is 0.870 bits per heavy atom. The zero-order valence-corrected chi connectivity index (χ0v) is 27.8. The molecule has 240 valence electrons. The molecule has 4 aromatic rings. The maximum atomic E-state index is 14.7. The number of carbonyl (C=O) groups is 2. The molecule has 4 aromatic carbocycles. The van der Waals surface area contributed by atoms with Gasteiger partial charge in [-0.1, -0.05) is 103 Å². The molecule has 0 heterocycles. The summed E-state index contributed by atoms with van der Waals surface area (Å²) >= 11 is 6.60. The van der Waals surface area contributed by atoms with Crippen LogP contribution in [0.15, 0.2) is 108 Å². The van der Waals surface area contributed by atoms with Gasteiger partial charge in [0.15, 0.2) is 0 Å². The first-order valence-corrected chi connectivity index (χ1v) is 17.5. The van der Waals surface area contributed by atoms with Crippen molar-refractivity contribution < 1.29 is 18.0 Å². The van der Waals surface area contributed by atoms with E-state index >= 15 is 0 Å². The first kappa shape index (κ1) is 33.2. The third-order valence-electron chi connectivity index (χ3n) is 8.51. The van der Waals surface area contributed by atoms with Gasteiger partial charge in [0.2, 0.25) is 11.8 Å². The molecule has 0 saturated heterocycles. The fourth-order valence-corrected chi connectivity index (χ4v) is 7.64. The second kappa shape index (κ2) is 15.0. The summed E-state index contributed by atoms with van der Waals surface area (Å²) in [4.78, 5) is 30.4. The molecular weight excluding hydrogens is 618 g/mol. The van der Waals surface area contributed by atoms with Crippen molar-refractivity contribution in [1.29, 1.82) is 0 Å². The molecule has 1 saturated carbocycles. The molecule has 0 bridgehead atoms. The Labute approximate surface area is 277 Å². The third kappa shape index (κ3) is 7.98. The minimum atomic E-state index is -4.17. The number of benzene rings is 4. The zero-order chi connectivity index (χ0) is 32.7. The van der Waals surface area contributed by atoms with Gasteiger partial charge in [0, 0.05) is 24.0 Å². The van der Waals surface area contributed by atoms with E-state index in [9.17, 15) is 18.0 Å². The van der Waals surface area contributed by atoms with Crippen molar-refractivity contribution in [2.75, 3.05) is 10.8 Å². The molecule has 1 aliphatic carbocycles. The van der Waals surface area contributed by atoms with E-state index in [2.05, 4.69) is 5.32 Å². The molecule has 2 amide bonds. The van der Waals surface area contributed by atoms with Gasteiger partial charge in [-0.15, -0.1) is 0 Å². The van der Waals surface area contributed by atoms with Crippen LogP contribution in [0.2, 0.25) is 5.02 Å². The average molecular weight is 658 g/mol. The summed E-state index contributed by atoms with van der Waals surface area (Å²) in [5.41, 5.74) is 3.51. The molecule has 1 N–H and O–H groups in total. The van der Waals surface area contributed by atoms with Crippen LogP contribution < -0.4 is 9.62 Å². The van der Waals surface area contributed by atoms with Gasteiger partial charge in [0.1, 0.15) is 12.6 Å². The van der Waals surface area contributed by atoms with E-state index in [1.165, 1.54) is 21.3 Å². The van der Waals surface area contributed by atoms with E-state index in [1.54, 1.807) is 36.4 Å². The smallest absolute Gasteiger partial charge is 0.264 e. The Morgan fingerprint density at radius 2 is 1.50 bits per heavy atom. The quantitative estimate of drug-likeness (QED) is 0.181. The van der Waals surface area contributed by atoms with Crippen LogP contribution >= 0.6 is 11.6 Å². The summed E-state index contributed by atoms with van der Waals surface area (Å²) in [6, 6.07) is 29.5. The van der Waals surface area contributed by atoms with Crippen LogP contribution in [-0.4, -0.2) is 43.8 Å². The molecule has 1 aliphatic rings. The summed E-state index contributed by atoms with van der Waals surface area (Å²) < 4.78 is 29.7. The number of hydrogen-bond donors (Lipinski definition) is 1. The Hall–Kier alpha value is -4.14. The first-order chi connectivity index (χ1) is 22.1. The van der Waals surface area contributed by atoms with Crippen molar-refractivity contribution >= 4 is 39.1 Å². The normalized spacial score (nSPS) is 14.1. The van der Waals surface area contributed by atoms with Crippen LogP contribution in [0, 0.1) is 13.8 Å². The molecular formula is C37H40ClN3O4S. The van der Waals surface area contributed by atoms with Crippen molar-refractivity contribution in [3.05, 3.63) is 130 Å². The highest BCUT2D eigenvalue weighted by Crippen LogP contribution is 2.29. The molecule has 1 fully saturated rings. The minimum absolute atomic E-state index is 0.0279. The number of rotatable bonds is 12. The fourth-order valence-electron chi connectivity index (χ4n) is 5.95. The number of amides is 2. The van der Waals surface area contributed by atoms with Crippen molar-refractivity contribution in [3.8, 4) is 0 Å². The highest BCUT2D eigenvalue weighted by Gasteiger charge is 2.36. The zero-order valence-electron chi connectivity index (χ0n) is 26.2. The monoisotopic (exact) mass is 657 g/mol. The van der Waals surface area contributed by atoms with E-state index in [1.807, 2.05) is 68.4 Å². The van der Waals surface area contributed by atoms with E-state index in [-0.39, 0.29) is 29.8 Å². The Morgan fingerprint density at radius 3 is 2.17 bits per heavy atom. The van der Waals surface area contributed by atoms with Crippen LogP contribution in [0.25, 0.3) is 0 Å². The molecule has 0 aromatic heterocycles. The number of nitrogens with one attached hydrogen (secondary N) is 1. The maximum absolute atomic E-state index is 14.7. The average Bonchev–Trinajstić information content (AvgIpc) is 3.57. The molecule has 5 rings (SSSR count). The molecule has 0 aliphatic heterocycles. The van der Waals surface area contributed by atoms with Crippen molar-refractivity contribution in [1.82, 2.24) is 10.2 Å². The summed E-state index contributed by atoms with van der Waals surface area (Å²) in [6.07, 6.45) is 4.11. The van der Waals surface area contributed by atoms with Gasteiger partial charge in [0.05, 0.1) is 10.6 Å². The highest BCUT2D eigenvalue weighted by molar-refractivity contribution is 7.92. The molecule has 0 radical (unpaired) electrons. The number of carbonyl (C=O) groups excluding carboxylic acids is 2. The van der Waals surface area contributed by atoms with E-state index < -0.39 is 28.5 Å². The molecule has 1 atom stereocenters. The number of aryl methyl sites for hydroxylation is 2. The Kier molecular flexibility index (Phi) is 10.8. The van der Waals surface area contributed by atoms with Crippen LogP contribution in [0.1, 0.15) is 47.9 Å². The number of nitrogens with zero attached hydrogens (tertiary/aromatic N) is 2. The van der Waals surface area contributed by atoms with Gasteiger partial charge in [-0.2, -0.15) is 0 Å². The number of hydrogen-bond acceptors (Lipinski definition) is 4. The largest absolute Gasteiger partial charge is 0.352 e. The first-order valence-electron chi connectivity index (χ1n) is 15.7. The standard InChI is InChI=1S/C37H40ClN3O4S/c1-27-21-22-28(2)34(23-27)41(46(44,45)32-18-7-4-8-19-32)26-36(42)40(25-30-15-9-12-20-33(30)38)35(24-29-13-5-3-6-14-29)37(43)39-31-16-10-11-17-31/h3-9,12-15,18-23,31,35H,10-11,16-17,24-26H2,1-2H3,(H,39,43). The van der Waals surface area contributed by atoms with Crippen LogP contribution in [-0.2, 0) is 32.6 Å². The number of halogens is 1. The van der Waals surface area contributed by atoms with Gasteiger partial charge in [-0.25, -0.2) is 8.42 Å². The lowest BCUT2D eigenvalue weighted by molar-refractivity contribution is -0.140. The van der Waals surface area contributed by atoms with E-state index in [0.29, 0.717) is 21.8 Å². The molecule has 7 nitrogen and oxygen atoms in total. The Balaban J connectivity index is 1.59. The van der Waals surface area contributed by atoms with Gasteiger partial charge in [-0.05, 0) is 73.2 Å². The van der Waals surface area contributed by atoms with Gasteiger partial charge in [0.25, 0.3) is 10.0 Å². The second-order valence-electron chi connectivity index (χ2n) is 11.9. The maximum Gasteiger partial charge on any atom is 0.264 e. The summed E-state index contributed by atoms with van der Waals surface area (Å²) in [7, 11) is -4.17. The SMILES string of the molecule is Cc1ccc(C)c(N(CC(=O)N(Cc2ccccc2Cl)C(Cc2ccccc2)C(=O)NC2CCCC2)S(=O)(=O)c2ccccc2)c1. The molecule has 0 spiro atoms. The second-order valence-corrected chi connectivity index (χ2v) is 14.2. The summed E-state index contributed by atoms with van der Waals surface area (Å²) in [6.45, 7) is 3.22. The lowest BCUT2D eigenvalue weighted by Crippen LogP contribution is -2.54. The Bertz CT molecular complexity index is 1760. The van der Waals surface area contributed by atoms with Crippen molar-refractivity contribution in [2.24, 2.45) is 0 Å². The van der Waals surface area contributed by atoms with Crippen molar-refractivity contribution in [2.45, 2.75) is 69.5 Å². The summed E-state index contributed by atoms with van der Waals surface area (Å²) in [5, 5.41) is 3.65.